The first-order chi connectivity index (χ1) is 55.3. The molecule has 0 atom stereocenters. The molecule has 0 aliphatic carbocycles. The molecule has 0 saturated heterocycles. The number of nitrogens with one attached hydrogen (secondary N) is 4. The quantitative estimate of drug-likeness (QED) is 0.0102. The Bertz CT molecular complexity index is 3750. The summed E-state index contributed by atoms with van der Waals surface area (Å²) in [5.74, 6) is -8.46. The number of hydrogen-bond donors (Lipinski definition) is 8. The van der Waals surface area contributed by atoms with Crippen LogP contribution in [0.15, 0.2) is 104 Å². The number of ether oxygens (including phenoxy) is 17. The lowest BCUT2D eigenvalue weighted by Gasteiger charge is -2.11. The normalized spacial score (nSPS) is 11.8. The minimum atomic E-state index is -3.92. The van der Waals surface area contributed by atoms with Crippen LogP contribution in [0.25, 0.3) is 12.2 Å². The monoisotopic (exact) mass is 1680 g/mol. The fraction of sp³-hybridized carbons (Fsp3) is 0.541. The summed E-state index contributed by atoms with van der Waals surface area (Å²) in [4.78, 5) is 54.0. The zero-order chi connectivity index (χ0) is 84.2. The zero-order valence-corrected chi connectivity index (χ0v) is 66.9. The number of rotatable bonds is 65. The second-order valence-corrected chi connectivity index (χ2v) is 27.0. The Morgan fingerprint density at radius 3 is 0.843 bits per heavy atom. The lowest BCUT2D eigenvalue weighted by atomic mass is 10.1. The maximum absolute atomic E-state index is 14.7. The van der Waals surface area contributed by atoms with Crippen molar-refractivity contribution in [1.29, 1.82) is 0 Å². The van der Waals surface area contributed by atoms with Crippen molar-refractivity contribution in [3.8, 4) is 23.0 Å². The molecule has 0 unspecified atom stereocenters. The van der Waals surface area contributed by atoms with Gasteiger partial charge in [0.05, 0.1) is 195 Å². The number of benzene rings is 4. The van der Waals surface area contributed by atoms with E-state index in [4.69, 9.17) is 103 Å². The SMILES string of the molecule is CCOCCOCCOCCOCCC(=O)NCCOCCOCCOCCNS(=O)(=O)c1ccc(Oc2c(F)cc(/C=C(\C)C(=O)N=C(N)N)cc2F)cc1.CCOCCOCCOCCOCCOCCC(=O)NCCOCCOCCOCCNS(=O)(=O)c1ccc(Oc2c(F)cc(/C=C(\C)C(=O)N=C(N)N)cc2F)cc1. The molecule has 12 N–H and O–H groups in total. The molecular formula is C74H110F4N10O25S2. The molecule has 0 aliphatic rings. The molecule has 4 aromatic carbocycles. The van der Waals surface area contributed by atoms with Crippen LogP contribution in [-0.2, 0) is 110 Å². The maximum atomic E-state index is 14.7. The zero-order valence-electron chi connectivity index (χ0n) is 65.3. The number of halogens is 4. The van der Waals surface area contributed by atoms with E-state index < -0.39 is 78.5 Å². The molecule has 4 rings (SSSR count). The van der Waals surface area contributed by atoms with Crippen LogP contribution in [0.1, 0.15) is 51.7 Å². The number of amides is 4. The first-order valence-electron chi connectivity index (χ1n) is 36.7. The van der Waals surface area contributed by atoms with Crippen molar-refractivity contribution in [3.05, 3.63) is 118 Å². The highest BCUT2D eigenvalue weighted by Gasteiger charge is 2.20. The molecule has 0 fully saturated rings. The molecule has 4 amide bonds. The first-order valence-corrected chi connectivity index (χ1v) is 39.7. The van der Waals surface area contributed by atoms with Gasteiger partial charge in [-0.3, -0.25) is 19.2 Å². The van der Waals surface area contributed by atoms with Crippen LogP contribution in [0, 0.1) is 23.3 Å². The van der Waals surface area contributed by atoms with Gasteiger partial charge in [-0.1, -0.05) is 0 Å². The minimum Gasteiger partial charge on any atom is -0.451 e. The van der Waals surface area contributed by atoms with E-state index in [1.807, 2.05) is 13.8 Å². The number of carbonyl (C=O) groups excluding carboxylic acids is 4. The molecule has 0 aromatic heterocycles. The molecule has 0 heterocycles. The van der Waals surface area contributed by atoms with Crippen molar-refractivity contribution >= 4 is 67.7 Å². The molecule has 0 saturated carbocycles. The molecule has 0 radical (unpaired) electrons. The van der Waals surface area contributed by atoms with Gasteiger partial charge in [0.2, 0.25) is 31.9 Å². The summed E-state index contributed by atoms with van der Waals surface area (Å²) >= 11 is 0. The molecule has 35 nitrogen and oxygen atoms in total. The van der Waals surface area contributed by atoms with E-state index >= 15 is 0 Å². The van der Waals surface area contributed by atoms with Gasteiger partial charge in [-0.25, -0.2) is 43.8 Å². The summed E-state index contributed by atoms with van der Waals surface area (Å²) in [6, 6.07) is 13.6. The third-order valence-electron chi connectivity index (χ3n) is 14.3. The summed E-state index contributed by atoms with van der Waals surface area (Å²) in [5.41, 5.74) is 20.8. The van der Waals surface area contributed by atoms with Crippen LogP contribution >= 0.6 is 0 Å². The van der Waals surface area contributed by atoms with E-state index in [0.29, 0.717) is 158 Å². The number of hydrogen-bond acceptors (Lipinski definition) is 25. The summed E-state index contributed by atoms with van der Waals surface area (Å²) in [5, 5.41) is 5.49. The maximum Gasteiger partial charge on any atom is 0.275 e. The molecule has 0 bridgehead atoms. The van der Waals surface area contributed by atoms with Gasteiger partial charge in [0.1, 0.15) is 11.5 Å². The highest BCUT2D eigenvalue weighted by molar-refractivity contribution is 7.89. The number of guanidine groups is 2. The molecule has 646 valence electrons. The molecule has 0 aliphatic heterocycles. The van der Waals surface area contributed by atoms with E-state index in [2.05, 4.69) is 30.1 Å². The Labute approximate surface area is 668 Å². The summed E-state index contributed by atoms with van der Waals surface area (Å²) in [6.07, 6.45) is 2.85. The standard InChI is InChI=1S/C38H57F2N5O13S.C36H53F2N5O12S/c1-3-50-14-15-54-22-23-57-25-24-55-19-16-51-11-8-35(46)43-9-12-52-17-20-56-21-18-53-13-10-44-59(48,49)32-6-4-31(5-7-32)58-36-33(39)27-30(28-34(36)40)26-29(2)37(47)45-38(41)42;1-3-48-14-15-52-22-23-53-19-16-49-11-8-33(44)41-9-12-50-17-20-54-21-18-51-13-10-42-56(46,47)30-6-4-29(5-7-30)55-34-31(37)25-28(26-32(34)38)24-27(2)35(45)43-36(39)40/h4-7,26-28,44H,3,8-25H2,1-2H3,(H,43,46)(H4,41,42,45,47);4-7,24-26,42H,3,8-23H2,1-2H3,(H,41,44)(H4,39,40,43,45)/b29-26+;27-24+. The van der Waals surface area contributed by atoms with Crippen LogP contribution in [0.5, 0.6) is 23.0 Å². The van der Waals surface area contributed by atoms with E-state index in [9.17, 15) is 53.6 Å². The Balaban J connectivity index is 0.000000596. The van der Waals surface area contributed by atoms with Crippen molar-refractivity contribution < 1.29 is 134 Å². The van der Waals surface area contributed by atoms with Crippen LogP contribution < -0.4 is 52.5 Å². The Hall–Kier alpha value is -8.28. The number of nitrogens with two attached hydrogens (primary N) is 4. The second kappa shape index (κ2) is 62.0. The fourth-order valence-electron chi connectivity index (χ4n) is 8.77. The van der Waals surface area contributed by atoms with Crippen molar-refractivity contribution in [2.24, 2.45) is 32.9 Å². The molecule has 41 heteroatoms. The van der Waals surface area contributed by atoms with Gasteiger partial charge < -0.3 is 114 Å². The van der Waals surface area contributed by atoms with Gasteiger partial charge in [0, 0.05) is 63.4 Å². The smallest absolute Gasteiger partial charge is 0.275 e. The topological polar surface area (TPSA) is 470 Å². The Morgan fingerprint density at radius 1 is 0.357 bits per heavy atom. The van der Waals surface area contributed by atoms with Crippen LogP contribution in [-0.4, -0.2) is 277 Å². The van der Waals surface area contributed by atoms with Gasteiger partial charge in [-0.15, -0.1) is 0 Å². The van der Waals surface area contributed by atoms with Gasteiger partial charge in [-0.2, -0.15) is 9.98 Å². The Morgan fingerprint density at radius 2 is 0.591 bits per heavy atom. The Kier molecular flexibility index (Phi) is 54.4. The van der Waals surface area contributed by atoms with E-state index in [1.54, 1.807) is 0 Å². The van der Waals surface area contributed by atoms with Crippen LogP contribution in [0.3, 0.4) is 0 Å². The van der Waals surface area contributed by atoms with Gasteiger partial charge in [0.15, 0.2) is 46.7 Å². The minimum absolute atomic E-state index is 0.0177. The number of carbonyl (C=O) groups is 4. The van der Waals surface area contributed by atoms with Crippen molar-refractivity contribution in [1.82, 2.24) is 20.1 Å². The fourth-order valence-corrected chi connectivity index (χ4v) is 10.8. The molecular weight excluding hydrogens is 1570 g/mol. The second-order valence-electron chi connectivity index (χ2n) is 23.5. The molecule has 115 heavy (non-hydrogen) atoms. The number of sulfonamides is 2. The summed E-state index contributed by atoms with van der Waals surface area (Å²) in [7, 11) is -7.83. The van der Waals surface area contributed by atoms with Crippen molar-refractivity contribution in [2.45, 2.75) is 50.3 Å². The third-order valence-corrected chi connectivity index (χ3v) is 17.3. The lowest BCUT2D eigenvalue weighted by Crippen LogP contribution is -2.28. The molecule has 4 aromatic rings. The van der Waals surface area contributed by atoms with Gasteiger partial charge in [-0.05, 0) is 124 Å². The number of nitrogens with zero attached hydrogens (tertiary/aromatic N) is 2. The predicted molar refractivity (Wildman–Crippen MR) is 414 cm³/mol. The van der Waals surface area contributed by atoms with E-state index in [1.165, 1.54) is 74.5 Å². The highest BCUT2D eigenvalue weighted by Crippen LogP contribution is 2.32. The highest BCUT2D eigenvalue weighted by atomic mass is 32.2. The summed E-state index contributed by atoms with van der Waals surface area (Å²) in [6.45, 7) is 18.9. The van der Waals surface area contributed by atoms with Gasteiger partial charge in [0.25, 0.3) is 11.8 Å². The van der Waals surface area contributed by atoms with Crippen LogP contribution in [0.2, 0.25) is 0 Å². The van der Waals surface area contributed by atoms with Crippen molar-refractivity contribution in [2.75, 3.05) is 224 Å². The average molecular weight is 1680 g/mol. The predicted octanol–water partition coefficient (Wildman–Crippen LogP) is 3.78. The van der Waals surface area contributed by atoms with E-state index in [-0.39, 0.29) is 134 Å². The first kappa shape index (κ1) is 101. The third kappa shape index (κ3) is 48.8. The lowest BCUT2D eigenvalue weighted by molar-refractivity contribution is -0.123. The van der Waals surface area contributed by atoms with Gasteiger partial charge >= 0.3 is 0 Å². The van der Waals surface area contributed by atoms with Crippen LogP contribution in [0.4, 0.5) is 17.6 Å². The largest absolute Gasteiger partial charge is 0.451 e. The molecule has 0 spiro atoms. The summed E-state index contributed by atoms with van der Waals surface area (Å²) < 4.78 is 205. The van der Waals surface area contributed by atoms with E-state index in [0.717, 1.165) is 24.3 Å². The number of aliphatic imine (C=N–C) groups is 2. The average Bonchev–Trinajstić information content (AvgIpc) is 0.849. The van der Waals surface area contributed by atoms with Crippen molar-refractivity contribution in [3.63, 3.8) is 0 Å².